The van der Waals surface area contributed by atoms with Crippen molar-refractivity contribution < 1.29 is 4.42 Å². The molecule has 2 N–H and O–H groups in total. The van der Waals surface area contributed by atoms with Crippen LogP contribution in [0.5, 0.6) is 0 Å². The van der Waals surface area contributed by atoms with Crippen molar-refractivity contribution in [3.05, 3.63) is 42.9 Å². The zero-order valence-electron chi connectivity index (χ0n) is 8.42. The molecule has 3 rings (SSSR count). The van der Waals surface area contributed by atoms with Crippen LogP contribution in [0.15, 0.2) is 47.3 Å². The summed E-state index contributed by atoms with van der Waals surface area (Å²) in [5, 5.41) is 0.871. The minimum Gasteiger partial charge on any atom is -0.451 e. The maximum Gasteiger partial charge on any atom is 0.176 e. The lowest BCUT2D eigenvalue weighted by atomic mass is 10.2. The third-order valence-corrected chi connectivity index (χ3v) is 2.43. The number of nitrogens with zero attached hydrogens (tertiary/aromatic N) is 2. The summed E-state index contributed by atoms with van der Waals surface area (Å²) in [5.41, 5.74) is 8.03. The lowest BCUT2D eigenvalue weighted by molar-refractivity contribution is 0.628. The molecule has 0 atom stereocenters. The summed E-state index contributed by atoms with van der Waals surface area (Å²) in [4.78, 5) is 8.20. The standard InChI is InChI=1S/C12H9N3O/c13-11-8-4-6-14-7-10(8)16-12(11)9-3-1-2-5-15-9/h1-7H,13H2. The quantitative estimate of drug-likeness (QED) is 0.671. The fourth-order valence-corrected chi connectivity index (χ4v) is 1.66. The van der Waals surface area contributed by atoms with Gasteiger partial charge in [-0.25, -0.2) is 0 Å². The molecule has 78 valence electrons. The molecule has 0 saturated heterocycles. The first-order chi connectivity index (χ1) is 7.86. The van der Waals surface area contributed by atoms with Crippen LogP contribution in [-0.4, -0.2) is 9.97 Å². The molecule has 4 nitrogen and oxygen atoms in total. The minimum absolute atomic E-state index is 0.601. The molecule has 3 heterocycles. The Morgan fingerprint density at radius 1 is 1.12 bits per heavy atom. The summed E-state index contributed by atoms with van der Waals surface area (Å²) in [5.74, 6) is 0.601. The van der Waals surface area contributed by atoms with Gasteiger partial charge in [0.2, 0.25) is 0 Å². The first-order valence-corrected chi connectivity index (χ1v) is 4.89. The van der Waals surface area contributed by atoms with Gasteiger partial charge >= 0.3 is 0 Å². The molecular weight excluding hydrogens is 202 g/mol. The van der Waals surface area contributed by atoms with Gasteiger partial charge < -0.3 is 10.2 Å². The summed E-state index contributed by atoms with van der Waals surface area (Å²) in [6, 6.07) is 7.44. The number of anilines is 1. The molecule has 0 aromatic carbocycles. The van der Waals surface area contributed by atoms with Crippen molar-refractivity contribution in [2.45, 2.75) is 0 Å². The van der Waals surface area contributed by atoms with Crippen molar-refractivity contribution >= 4 is 16.7 Å². The second kappa shape index (κ2) is 3.34. The van der Waals surface area contributed by atoms with E-state index in [1.807, 2.05) is 24.3 Å². The van der Waals surface area contributed by atoms with Gasteiger partial charge in [-0.3, -0.25) is 9.97 Å². The van der Waals surface area contributed by atoms with Crippen molar-refractivity contribution in [3.63, 3.8) is 0 Å². The van der Waals surface area contributed by atoms with Gasteiger partial charge in [-0.05, 0) is 18.2 Å². The minimum atomic E-state index is 0.601. The fourth-order valence-electron chi connectivity index (χ4n) is 1.66. The van der Waals surface area contributed by atoms with Gasteiger partial charge in [0.05, 0.1) is 11.9 Å². The molecule has 0 bridgehead atoms. The number of hydrogen-bond acceptors (Lipinski definition) is 4. The highest BCUT2D eigenvalue weighted by molar-refractivity contribution is 5.96. The SMILES string of the molecule is Nc1c(-c2ccccn2)oc2cnccc12. The number of furan rings is 1. The number of nitrogens with two attached hydrogens (primary N) is 1. The monoisotopic (exact) mass is 211 g/mol. The number of fused-ring (bicyclic) bond motifs is 1. The summed E-state index contributed by atoms with van der Waals surface area (Å²) >= 11 is 0. The number of rotatable bonds is 1. The second-order valence-electron chi connectivity index (χ2n) is 3.43. The maximum absolute atomic E-state index is 6.01. The first kappa shape index (κ1) is 8.91. The van der Waals surface area contributed by atoms with Crippen LogP contribution in [0.4, 0.5) is 5.69 Å². The van der Waals surface area contributed by atoms with E-state index in [0.717, 1.165) is 11.1 Å². The van der Waals surface area contributed by atoms with E-state index in [4.69, 9.17) is 10.2 Å². The molecule has 0 saturated carbocycles. The van der Waals surface area contributed by atoms with Crippen LogP contribution in [0.2, 0.25) is 0 Å². The van der Waals surface area contributed by atoms with Crippen LogP contribution >= 0.6 is 0 Å². The van der Waals surface area contributed by atoms with Crippen LogP contribution in [0.25, 0.3) is 22.4 Å². The first-order valence-electron chi connectivity index (χ1n) is 4.89. The van der Waals surface area contributed by atoms with Crippen LogP contribution in [0.3, 0.4) is 0 Å². The van der Waals surface area contributed by atoms with Crippen LogP contribution < -0.4 is 5.73 Å². The van der Waals surface area contributed by atoms with Gasteiger partial charge in [0.1, 0.15) is 5.69 Å². The van der Waals surface area contributed by atoms with E-state index in [1.165, 1.54) is 0 Å². The Labute approximate surface area is 91.7 Å². The van der Waals surface area contributed by atoms with Gasteiger partial charge in [0, 0.05) is 17.8 Å². The van der Waals surface area contributed by atoms with Gasteiger partial charge in [-0.2, -0.15) is 0 Å². The number of aromatic nitrogens is 2. The summed E-state index contributed by atoms with van der Waals surface area (Å²) in [7, 11) is 0. The molecule has 0 fully saturated rings. The maximum atomic E-state index is 6.01. The van der Waals surface area contributed by atoms with Gasteiger partial charge in [-0.15, -0.1) is 0 Å². The molecule has 16 heavy (non-hydrogen) atoms. The predicted octanol–water partition coefficient (Wildman–Crippen LogP) is 2.47. The zero-order valence-corrected chi connectivity index (χ0v) is 8.42. The molecule has 0 aliphatic rings. The molecule has 0 aliphatic carbocycles. The van der Waals surface area contributed by atoms with Crippen LogP contribution in [-0.2, 0) is 0 Å². The highest BCUT2D eigenvalue weighted by Gasteiger charge is 2.13. The number of hydrogen-bond donors (Lipinski definition) is 1. The highest BCUT2D eigenvalue weighted by Crippen LogP contribution is 2.33. The molecule has 0 aliphatic heterocycles. The number of pyridine rings is 2. The van der Waals surface area contributed by atoms with Crippen molar-refractivity contribution in [1.82, 2.24) is 9.97 Å². The van der Waals surface area contributed by atoms with Crippen LogP contribution in [0, 0.1) is 0 Å². The topological polar surface area (TPSA) is 64.9 Å². The molecule has 0 amide bonds. The molecule has 3 aromatic rings. The molecule has 0 unspecified atom stereocenters. The third-order valence-electron chi connectivity index (χ3n) is 2.43. The Kier molecular flexibility index (Phi) is 1.86. The predicted molar refractivity (Wildman–Crippen MR) is 61.7 cm³/mol. The Morgan fingerprint density at radius 3 is 2.81 bits per heavy atom. The molecule has 4 heteroatoms. The zero-order chi connectivity index (χ0) is 11.0. The van der Waals surface area contributed by atoms with Gasteiger partial charge in [-0.1, -0.05) is 6.07 Å². The summed E-state index contributed by atoms with van der Waals surface area (Å²) in [6.45, 7) is 0. The highest BCUT2D eigenvalue weighted by atomic mass is 16.3. The van der Waals surface area contributed by atoms with E-state index in [2.05, 4.69) is 9.97 Å². The van der Waals surface area contributed by atoms with Crippen LogP contribution in [0.1, 0.15) is 0 Å². The average Bonchev–Trinajstić information content (AvgIpc) is 2.69. The Hall–Kier alpha value is -2.36. The molecule has 3 aromatic heterocycles. The van der Waals surface area contributed by atoms with Gasteiger partial charge in [0.15, 0.2) is 11.3 Å². The lowest BCUT2D eigenvalue weighted by Gasteiger charge is -1.95. The second-order valence-corrected chi connectivity index (χ2v) is 3.43. The Balaban J connectivity index is 2.29. The summed E-state index contributed by atoms with van der Waals surface area (Å²) < 4.78 is 5.63. The average molecular weight is 211 g/mol. The van der Waals surface area contributed by atoms with Crippen molar-refractivity contribution in [2.24, 2.45) is 0 Å². The summed E-state index contributed by atoms with van der Waals surface area (Å²) in [6.07, 6.45) is 5.05. The van der Waals surface area contributed by atoms with E-state index in [0.29, 0.717) is 17.0 Å². The third kappa shape index (κ3) is 1.24. The molecule has 0 spiro atoms. The van der Waals surface area contributed by atoms with E-state index < -0.39 is 0 Å². The fraction of sp³-hybridized carbons (Fsp3) is 0. The number of nitrogen functional groups attached to an aromatic ring is 1. The van der Waals surface area contributed by atoms with Gasteiger partial charge in [0.25, 0.3) is 0 Å². The smallest absolute Gasteiger partial charge is 0.176 e. The van der Waals surface area contributed by atoms with E-state index in [1.54, 1.807) is 18.6 Å². The van der Waals surface area contributed by atoms with E-state index in [-0.39, 0.29) is 0 Å². The van der Waals surface area contributed by atoms with Crippen molar-refractivity contribution in [1.29, 1.82) is 0 Å². The van der Waals surface area contributed by atoms with Crippen molar-refractivity contribution in [2.75, 3.05) is 5.73 Å². The lowest BCUT2D eigenvalue weighted by Crippen LogP contribution is -1.87. The normalized spacial score (nSPS) is 10.8. The van der Waals surface area contributed by atoms with Crippen molar-refractivity contribution in [3.8, 4) is 11.5 Å². The van der Waals surface area contributed by atoms with E-state index >= 15 is 0 Å². The largest absolute Gasteiger partial charge is 0.451 e. The molecular formula is C12H9N3O. The Morgan fingerprint density at radius 2 is 2.06 bits per heavy atom. The Bertz CT molecular complexity index is 631. The van der Waals surface area contributed by atoms with E-state index in [9.17, 15) is 0 Å². The molecule has 0 radical (unpaired) electrons.